The van der Waals surface area contributed by atoms with Gasteiger partial charge in [-0.2, -0.15) is 0 Å². The van der Waals surface area contributed by atoms with Crippen molar-refractivity contribution in [1.29, 1.82) is 0 Å². The summed E-state index contributed by atoms with van der Waals surface area (Å²) < 4.78 is 0. The summed E-state index contributed by atoms with van der Waals surface area (Å²) in [5.74, 6) is 0.630. The lowest BCUT2D eigenvalue weighted by molar-refractivity contribution is 0.0927. The van der Waals surface area contributed by atoms with Gasteiger partial charge in [-0.3, -0.25) is 4.79 Å². The van der Waals surface area contributed by atoms with Gasteiger partial charge in [0, 0.05) is 12.0 Å². The zero-order chi connectivity index (χ0) is 15.8. The van der Waals surface area contributed by atoms with Crippen LogP contribution in [0.3, 0.4) is 0 Å². The smallest absolute Gasteiger partial charge is 0.272 e. The summed E-state index contributed by atoms with van der Waals surface area (Å²) in [4.78, 5) is 20.9. The first kappa shape index (κ1) is 17.4. The Kier molecular flexibility index (Phi) is 7.12. The van der Waals surface area contributed by atoms with Gasteiger partial charge in [-0.25, -0.2) is 9.97 Å². The molecule has 0 aliphatic rings. The van der Waals surface area contributed by atoms with Crippen molar-refractivity contribution in [1.82, 2.24) is 15.3 Å². The van der Waals surface area contributed by atoms with Gasteiger partial charge in [0.25, 0.3) is 5.91 Å². The second-order valence-corrected chi connectivity index (χ2v) is 5.79. The third-order valence-electron chi connectivity index (χ3n) is 3.45. The van der Waals surface area contributed by atoms with Crippen molar-refractivity contribution >= 4 is 11.6 Å². The number of carbonyl (C=O) groups is 1. The molecule has 0 saturated carbocycles. The first-order valence-corrected chi connectivity index (χ1v) is 7.92. The molecule has 0 fully saturated rings. The van der Waals surface area contributed by atoms with E-state index in [-0.39, 0.29) is 17.9 Å². The number of hydrogen-bond donors (Lipinski definition) is 2. The van der Waals surface area contributed by atoms with E-state index in [1.54, 1.807) is 0 Å². The molecule has 0 aromatic carbocycles. The Hall–Kier alpha value is -1.65. The molecule has 118 valence electrons. The second kappa shape index (κ2) is 8.60. The van der Waals surface area contributed by atoms with Crippen molar-refractivity contribution < 1.29 is 4.79 Å². The van der Waals surface area contributed by atoms with E-state index in [2.05, 4.69) is 29.1 Å². The Morgan fingerprint density at radius 3 is 2.57 bits per heavy atom. The third kappa shape index (κ3) is 5.33. The number of unbranched alkanes of at least 4 members (excludes halogenated alkanes) is 1. The van der Waals surface area contributed by atoms with Crippen molar-refractivity contribution in [2.75, 3.05) is 5.73 Å². The Labute approximate surface area is 127 Å². The van der Waals surface area contributed by atoms with E-state index in [4.69, 9.17) is 5.73 Å². The highest BCUT2D eigenvalue weighted by molar-refractivity contribution is 5.97. The van der Waals surface area contributed by atoms with Gasteiger partial charge in [-0.1, -0.05) is 47.0 Å². The van der Waals surface area contributed by atoms with Crippen molar-refractivity contribution in [2.45, 2.75) is 71.8 Å². The molecule has 1 rings (SSSR count). The lowest BCUT2D eigenvalue weighted by Crippen LogP contribution is -2.36. The predicted molar refractivity (Wildman–Crippen MR) is 86.2 cm³/mol. The fourth-order valence-corrected chi connectivity index (χ4v) is 2.21. The zero-order valence-corrected chi connectivity index (χ0v) is 13.6. The molecule has 0 bridgehead atoms. The Morgan fingerprint density at radius 1 is 1.29 bits per heavy atom. The van der Waals surface area contributed by atoms with Crippen LogP contribution in [0.2, 0.25) is 0 Å². The van der Waals surface area contributed by atoms with Crippen molar-refractivity contribution in [3.8, 4) is 0 Å². The van der Waals surface area contributed by atoms with Crippen LogP contribution < -0.4 is 11.1 Å². The Bertz CT molecular complexity index is 460. The number of carbonyl (C=O) groups excluding carboxylic acids is 1. The quantitative estimate of drug-likeness (QED) is 0.770. The number of hydrogen-bond acceptors (Lipinski definition) is 4. The molecule has 1 aromatic rings. The minimum absolute atomic E-state index is 0.170. The Balaban J connectivity index is 2.83. The maximum atomic E-state index is 12.4. The van der Waals surface area contributed by atoms with Crippen molar-refractivity contribution in [3.05, 3.63) is 17.7 Å². The van der Waals surface area contributed by atoms with Gasteiger partial charge in [0.1, 0.15) is 5.82 Å². The molecule has 5 heteroatoms. The average Bonchev–Trinajstić information content (AvgIpc) is 2.45. The molecule has 1 aromatic heterocycles. The van der Waals surface area contributed by atoms with Gasteiger partial charge in [-0.15, -0.1) is 0 Å². The molecule has 0 aliphatic heterocycles. The maximum absolute atomic E-state index is 12.4. The fraction of sp³-hybridized carbons (Fsp3) is 0.688. The lowest BCUT2D eigenvalue weighted by atomic mass is 10.0. The topological polar surface area (TPSA) is 80.9 Å². The summed E-state index contributed by atoms with van der Waals surface area (Å²) in [6, 6.07) is 0.194. The molecule has 0 spiro atoms. The van der Waals surface area contributed by atoms with E-state index in [1.165, 1.54) is 6.20 Å². The van der Waals surface area contributed by atoms with E-state index in [9.17, 15) is 4.79 Å². The second-order valence-electron chi connectivity index (χ2n) is 5.79. The zero-order valence-electron chi connectivity index (χ0n) is 13.6. The number of nitrogens with one attached hydrogen (secondary N) is 1. The van der Waals surface area contributed by atoms with Gasteiger partial charge in [0.15, 0.2) is 5.69 Å². The highest BCUT2D eigenvalue weighted by Crippen LogP contribution is 2.15. The number of nitrogens with two attached hydrogens (primary N) is 1. The van der Waals surface area contributed by atoms with Crippen LogP contribution in [-0.4, -0.2) is 21.9 Å². The average molecular weight is 292 g/mol. The highest BCUT2D eigenvalue weighted by atomic mass is 16.2. The molecule has 3 N–H and O–H groups in total. The van der Waals surface area contributed by atoms with E-state index >= 15 is 0 Å². The molecule has 21 heavy (non-hydrogen) atoms. The molecule has 1 unspecified atom stereocenters. The lowest BCUT2D eigenvalue weighted by Gasteiger charge is -2.18. The number of rotatable bonds is 8. The van der Waals surface area contributed by atoms with Crippen LogP contribution in [-0.2, 0) is 0 Å². The molecule has 1 heterocycles. The van der Waals surface area contributed by atoms with Crippen LogP contribution in [0.5, 0.6) is 0 Å². The fourth-order valence-electron chi connectivity index (χ4n) is 2.21. The molecule has 1 atom stereocenters. The van der Waals surface area contributed by atoms with Crippen LogP contribution in [0.4, 0.5) is 5.69 Å². The van der Waals surface area contributed by atoms with Crippen LogP contribution in [0.15, 0.2) is 6.20 Å². The summed E-state index contributed by atoms with van der Waals surface area (Å²) in [6.07, 6.45) is 6.79. The van der Waals surface area contributed by atoms with Crippen molar-refractivity contribution in [3.63, 3.8) is 0 Å². The number of aromatic nitrogens is 2. The molecule has 0 aliphatic carbocycles. The third-order valence-corrected chi connectivity index (χ3v) is 3.45. The standard InChI is InChI=1S/C16H28N4O/c1-5-7-9-12(8-6-2)19-16(21)14-13(17)10-18-15(20-14)11(3)4/h10-12H,5-9,17H2,1-4H3,(H,19,21). The van der Waals surface area contributed by atoms with E-state index in [0.29, 0.717) is 17.2 Å². The van der Waals surface area contributed by atoms with E-state index in [1.807, 2.05) is 13.8 Å². The van der Waals surface area contributed by atoms with Gasteiger partial charge in [-0.05, 0) is 12.8 Å². The van der Waals surface area contributed by atoms with Gasteiger partial charge in [0.2, 0.25) is 0 Å². The molecular formula is C16H28N4O. The van der Waals surface area contributed by atoms with Crippen LogP contribution in [0.25, 0.3) is 0 Å². The van der Waals surface area contributed by atoms with E-state index < -0.39 is 0 Å². The minimum Gasteiger partial charge on any atom is -0.396 e. The number of nitrogen functional groups attached to an aromatic ring is 1. The van der Waals surface area contributed by atoms with Gasteiger partial charge in [0.05, 0.1) is 11.9 Å². The van der Waals surface area contributed by atoms with E-state index in [0.717, 1.165) is 32.1 Å². The predicted octanol–water partition coefficient (Wildman–Crippen LogP) is 3.27. The molecular weight excluding hydrogens is 264 g/mol. The largest absolute Gasteiger partial charge is 0.396 e. The molecule has 5 nitrogen and oxygen atoms in total. The number of amides is 1. The van der Waals surface area contributed by atoms with Gasteiger partial charge < -0.3 is 11.1 Å². The van der Waals surface area contributed by atoms with Crippen LogP contribution >= 0.6 is 0 Å². The minimum atomic E-state index is -0.189. The Morgan fingerprint density at radius 2 is 2.00 bits per heavy atom. The summed E-state index contributed by atoms with van der Waals surface area (Å²) >= 11 is 0. The summed E-state index contributed by atoms with van der Waals surface area (Å²) in [5.41, 5.74) is 6.49. The molecule has 0 radical (unpaired) electrons. The van der Waals surface area contributed by atoms with Gasteiger partial charge >= 0.3 is 0 Å². The molecule has 0 saturated heterocycles. The highest BCUT2D eigenvalue weighted by Gasteiger charge is 2.18. The number of anilines is 1. The molecule has 1 amide bonds. The van der Waals surface area contributed by atoms with Crippen LogP contribution in [0, 0.1) is 0 Å². The first-order chi connectivity index (χ1) is 9.99. The SMILES string of the molecule is CCCCC(CCC)NC(=O)c1nc(C(C)C)ncc1N. The summed E-state index contributed by atoms with van der Waals surface area (Å²) in [7, 11) is 0. The monoisotopic (exact) mass is 292 g/mol. The first-order valence-electron chi connectivity index (χ1n) is 7.92. The maximum Gasteiger partial charge on any atom is 0.272 e. The van der Waals surface area contributed by atoms with Crippen molar-refractivity contribution in [2.24, 2.45) is 0 Å². The summed E-state index contributed by atoms with van der Waals surface area (Å²) in [6.45, 7) is 8.27. The summed E-state index contributed by atoms with van der Waals surface area (Å²) in [5, 5.41) is 3.07. The normalized spacial score (nSPS) is 12.4. The van der Waals surface area contributed by atoms with Crippen LogP contribution in [0.1, 0.15) is 82.0 Å². The number of nitrogens with zero attached hydrogens (tertiary/aromatic N) is 2.